The van der Waals surface area contributed by atoms with Gasteiger partial charge in [0.25, 0.3) is 0 Å². The van der Waals surface area contributed by atoms with Crippen molar-refractivity contribution in [2.75, 3.05) is 26.2 Å². The number of rotatable bonds is 4. The van der Waals surface area contributed by atoms with Gasteiger partial charge in [-0.05, 0) is 6.92 Å². The smallest absolute Gasteiger partial charge is 0.317 e. The number of urea groups is 1. The third-order valence-corrected chi connectivity index (χ3v) is 3.14. The first kappa shape index (κ1) is 14.8. The van der Waals surface area contributed by atoms with Gasteiger partial charge in [0, 0.05) is 32.0 Å². The lowest BCUT2D eigenvalue weighted by molar-refractivity contribution is -0.00344. The SMILES string of the molecule is CC(C)c1noc(CCNC(=O)N2CCO[C@H](C)C2)n1. The van der Waals surface area contributed by atoms with E-state index >= 15 is 0 Å². The summed E-state index contributed by atoms with van der Waals surface area (Å²) in [5, 5.41) is 6.75. The van der Waals surface area contributed by atoms with Crippen LogP contribution in [0.3, 0.4) is 0 Å². The minimum Gasteiger partial charge on any atom is -0.375 e. The van der Waals surface area contributed by atoms with E-state index in [0.717, 1.165) is 0 Å². The standard InChI is InChI=1S/C13H22N4O3/c1-9(2)12-15-11(20-16-12)4-5-14-13(18)17-6-7-19-10(3)8-17/h9-10H,4-8H2,1-3H3,(H,14,18)/t10-/m1/s1. The van der Waals surface area contributed by atoms with E-state index in [-0.39, 0.29) is 18.1 Å². The van der Waals surface area contributed by atoms with E-state index in [1.165, 1.54) is 0 Å². The van der Waals surface area contributed by atoms with Gasteiger partial charge in [-0.15, -0.1) is 0 Å². The Bertz CT molecular complexity index is 447. The van der Waals surface area contributed by atoms with E-state index in [1.54, 1.807) is 4.90 Å². The first-order valence-electron chi connectivity index (χ1n) is 7.03. The summed E-state index contributed by atoms with van der Waals surface area (Å²) in [7, 11) is 0. The molecule has 0 unspecified atom stereocenters. The van der Waals surface area contributed by atoms with Gasteiger partial charge < -0.3 is 19.5 Å². The molecular weight excluding hydrogens is 260 g/mol. The third-order valence-electron chi connectivity index (χ3n) is 3.14. The molecule has 2 rings (SSSR count). The first-order valence-corrected chi connectivity index (χ1v) is 7.03. The molecule has 0 aromatic carbocycles. The molecular formula is C13H22N4O3. The van der Waals surface area contributed by atoms with Gasteiger partial charge in [-0.25, -0.2) is 4.79 Å². The predicted octanol–water partition coefficient (Wildman–Crippen LogP) is 1.17. The molecule has 2 amide bonds. The van der Waals surface area contributed by atoms with E-state index in [1.807, 2.05) is 20.8 Å². The van der Waals surface area contributed by atoms with Gasteiger partial charge in [0.05, 0.1) is 12.7 Å². The van der Waals surface area contributed by atoms with Crippen molar-refractivity contribution in [3.05, 3.63) is 11.7 Å². The van der Waals surface area contributed by atoms with Gasteiger partial charge in [-0.2, -0.15) is 4.98 Å². The van der Waals surface area contributed by atoms with E-state index in [4.69, 9.17) is 9.26 Å². The molecule has 1 aromatic rings. The van der Waals surface area contributed by atoms with Gasteiger partial charge >= 0.3 is 6.03 Å². The van der Waals surface area contributed by atoms with Crippen LogP contribution in [0.4, 0.5) is 4.79 Å². The van der Waals surface area contributed by atoms with Crippen LogP contribution in [-0.4, -0.2) is 53.4 Å². The number of aromatic nitrogens is 2. The molecule has 1 saturated heterocycles. The highest BCUT2D eigenvalue weighted by molar-refractivity contribution is 5.74. The number of carbonyl (C=O) groups is 1. The molecule has 2 heterocycles. The number of nitrogens with zero attached hydrogens (tertiary/aromatic N) is 3. The summed E-state index contributed by atoms with van der Waals surface area (Å²) in [6, 6.07) is -0.0660. The number of ether oxygens (including phenoxy) is 1. The maximum Gasteiger partial charge on any atom is 0.317 e. The second-order valence-electron chi connectivity index (χ2n) is 5.31. The normalized spacial score (nSPS) is 19.4. The number of morpholine rings is 1. The third kappa shape index (κ3) is 3.93. The molecule has 1 fully saturated rings. The number of amides is 2. The minimum absolute atomic E-state index is 0.0660. The molecule has 0 bridgehead atoms. The Morgan fingerprint density at radius 2 is 2.35 bits per heavy atom. The van der Waals surface area contributed by atoms with Gasteiger partial charge in [0.1, 0.15) is 0 Å². The average molecular weight is 282 g/mol. The number of nitrogens with one attached hydrogen (secondary N) is 1. The van der Waals surface area contributed by atoms with Crippen LogP contribution < -0.4 is 5.32 Å². The number of hydrogen-bond donors (Lipinski definition) is 1. The van der Waals surface area contributed by atoms with Crippen LogP contribution in [0.2, 0.25) is 0 Å². The zero-order valence-corrected chi connectivity index (χ0v) is 12.3. The van der Waals surface area contributed by atoms with Crippen molar-refractivity contribution in [3.63, 3.8) is 0 Å². The fourth-order valence-electron chi connectivity index (χ4n) is 2.00. The fourth-order valence-corrected chi connectivity index (χ4v) is 2.00. The molecule has 0 spiro atoms. The van der Waals surface area contributed by atoms with E-state index in [9.17, 15) is 4.79 Å². The summed E-state index contributed by atoms with van der Waals surface area (Å²) in [6.45, 7) is 8.33. The molecule has 0 aliphatic carbocycles. The molecule has 1 aromatic heterocycles. The molecule has 7 nitrogen and oxygen atoms in total. The minimum atomic E-state index is -0.0660. The number of carbonyl (C=O) groups excluding carboxylic acids is 1. The van der Waals surface area contributed by atoms with Gasteiger partial charge in [0.2, 0.25) is 5.89 Å². The maximum absolute atomic E-state index is 11.9. The van der Waals surface area contributed by atoms with Crippen molar-refractivity contribution in [2.45, 2.75) is 39.2 Å². The maximum atomic E-state index is 11.9. The monoisotopic (exact) mass is 282 g/mol. The zero-order valence-electron chi connectivity index (χ0n) is 12.3. The van der Waals surface area contributed by atoms with Crippen molar-refractivity contribution in [3.8, 4) is 0 Å². The highest BCUT2D eigenvalue weighted by atomic mass is 16.5. The van der Waals surface area contributed by atoms with Crippen molar-refractivity contribution < 1.29 is 14.1 Å². The lowest BCUT2D eigenvalue weighted by atomic mass is 10.2. The quantitative estimate of drug-likeness (QED) is 0.896. The molecule has 7 heteroatoms. The highest BCUT2D eigenvalue weighted by Gasteiger charge is 2.21. The van der Waals surface area contributed by atoms with Crippen molar-refractivity contribution >= 4 is 6.03 Å². The van der Waals surface area contributed by atoms with Crippen LogP contribution >= 0.6 is 0 Å². The lowest BCUT2D eigenvalue weighted by Crippen LogP contribution is -2.49. The van der Waals surface area contributed by atoms with E-state index in [0.29, 0.717) is 44.4 Å². The molecule has 1 aliphatic rings. The Balaban J connectivity index is 1.73. The van der Waals surface area contributed by atoms with Crippen LogP contribution in [-0.2, 0) is 11.2 Å². The molecule has 0 radical (unpaired) electrons. The van der Waals surface area contributed by atoms with Gasteiger partial charge in [0.15, 0.2) is 5.82 Å². The number of hydrogen-bond acceptors (Lipinski definition) is 5. The zero-order chi connectivity index (χ0) is 14.5. The molecule has 0 saturated carbocycles. The molecule has 1 atom stereocenters. The van der Waals surface area contributed by atoms with Crippen LogP contribution in [0.25, 0.3) is 0 Å². The fraction of sp³-hybridized carbons (Fsp3) is 0.769. The highest BCUT2D eigenvalue weighted by Crippen LogP contribution is 2.09. The van der Waals surface area contributed by atoms with Crippen molar-refractivity contribution in [1.29, 1.82) is 0 Å². The Morgan fingerprint density at radius 3 is 3.00 bits per heavy atom. The van der Waals surface area contributed by atoms with Gasteiger partial charge in [-0.1, -0.05) is 19.0 Å². The topological polar surface area (TPSA) is 80.5 Å². The second-order valence-corrected chi connectivity index (χ2v) is 5.31. The Labute approximate surface area is 118 Å². The predicted molar refractivity (Wildman–Crippen MR) is 72.5 cm³/mol. The van der Waals surface area contributed by atoms with Crippen molar-refractivity contribution in [2.24, 2.45) is 0 Å². The van der Waals surface area contributed by atoms with E-state index < -0.39 is 0 Å². The Morgan fingerprint density at radius 1 is 1.55 bits per heavy atom. The van der Waals surface area contributed by atoms with Crippen LogP contribution in [0.5, 0.6) is 0 Å². The van der Waals surface area contributed by atoms with E-state index in [2.05, 4.69) is 15.5 Å². The first-order chi connectivity index (χ1) is 9.56. The molecule has 112 valence electrons. The van der Waals surface area contributed by atoms with Crippen LogP contribution in [0.15, 0.2) is 4.52 Å². The Hall–Kier alpha value is -1.63. The largest absolute Gasteiger partial charge is 0.375 e. The van der Waals surface area contributed by atoms with Crippen LogP contribution in [0, 0.1) is 0 Å². The summed E-state index contributed by atoms with van der Waals surface area (Å²) in [6.07, 6.45) is 0.643. The molecule has 20 heavy (non-hydrogen) atoms. The summed E-state index contributed by atoms with van der Waals surface area (Å²) in [4.78, 5) is 18.0. The summed E-state index contributed by atoms with van der Waals surface area (Å²) >= 11 is 0. The van der Waals surface area contributed by atoms with Crippen molar-refractivity contribution in [1.82, 2.24) is 20.4 Å². The molecule has 1 N–H and O–H groups in total. The summed E-state index contributed by atoms with van der Waals surface area (Å²) in [5.74, 6) is 1.51. The second kappa shape index (κ2) is 6.69. The lowest BCUT2D eigenvalue weighted by Gasteiger charge is -2.31. The van der Waals surface area contributed by atoms with Crippen LogP contribution in [0.1, 0.15) is 38.4 Å². The van der Waals surface area contributed by atoms with Gasteiger partial charge in [-0.3, -0.25) is 0 Å². The average Bonchev–Trinajstić information content (AvgIpc) is 2.87. The molecule has 1 aliphatic heterocycles. The summed E-state index contributed by atoms with van der Waals surface area (Å²) in [5.41, 5.74) is 0. The summed E-state index contributed by atoms with van der Waals surface area (Å²) < 4.78 is 10.5. The Kier molecular flexibility index (Phi) is 4.94.